The highest BCUT2D eigenvalue weighted by Gasteiger charge is 2.42. The average molecular weight is 272 g/mol. The molecule has 1 aliphatic carbocycles. The Kier molecular flexibility index (Phi) is 3.56. The van der Waals surface area contributed by atoms with Crippen LogP contribution in [0.1, 0.15) is 68.2 Å². The summed E-state index contributed by atoms with van der Waals surface area (Å²) in [7, 11) is 0. The van der Waals surface area contributed by atoms with E-state index >= 15 is 0 Å². The van der Waals surface area contributed by atoms with Crippen molar-refractivity contribution in [3.8, 4) is 5.75 Å². The average Bonchev–Trinajstić information content (AvgIpc) is 2.38. The lowest BCUT2D eigenvalue weighted by Crippen LogP contribution is -2.46. The van der Waals surface area contributed by atoms with Crippen LogP contribution in [-0.4, -0.2) is 5.60 Å². The fourth-order valence-electron chi connectivity index (χ4n) is 3.70. The van der Waals surface area contributed by atoms with Crippen LogP contribution >= 0.6 is 0 Å². The Balaban J connectivity index is 1.92. The van der Waals surface area contributed by atoms with Gasteiger partial charge in [-0.15, -0.1) is 0 Å². The first-order chi connectivity index (χ1) is 9.51. The first-order valence-corrected chi connectivity index (χ1v) is 8.32. The highest BCUT2D eigenvalue weighted by molar-refractivity contribution is 5.52. The second-order valence-electron chi connectivity index (χ2n) is 7.36. The maximum absolute atomic E-state index is 6.51. The molecule has 2 aliphatic rings. The molecule has 1 aromatic carbocycles. The third-order valence-electron chi connectivity index (χ3n) is 5.37. The van der Waals surface area contributed by atoms with Crippen LogP contribution in [0.2, 0.25) is 0 Å². The summed E-state index contributed by atoms with van der Waals surface area (Å²) in [6, 6.07) is 2.42. The highest BCUT2D eigenvalue weighted by Crippen LogP contribution is 2.47. The van der Waals surface area contributed by atoms with Crippen LogP contribution in [0.3, 0.4) is 0 Å². The number of aryl methyl sites for hydroxylation is 2. The molecule has 1 fully saturated rings. The Labute approximate surface area is 123 Å². The van der Waals surface area contributed by atoms with Crippen molar-refractivity contribution in [1.29, 1.82) is 0 Å². The molecule has 0 amide bonds. The van der Waals surface area contributed by atoms with Gasteiger partial charge in [0.15, 0.2) is 0 Å². The minimum absolute atomic E-state index is 0.209. The number of ether oxygens (including phenoxy) is 1. The molecule has 1 spiro atoms. The molecule has 1 aliphatic heterocycles. The maximum Gasteiger partial charge on any atom is 0.126 e. The summed E-state index contributed by atoms with van der Waals surface area (Å²) < 4.78 is 6.51. The summed E-state index contributed by atoms with van der Waals surface area (Å²) in [6.45, 7) is 9.14. The number of rotatable bonds is 3. The summed E-state index contributed by atoms with van der Waals surface area (Å²) in [4.78, 5) is 0. The molecule has 3 rings (SSSR count). The van der Waals surface area contributed by atoms with Gasteiger partial charge in [-0.1, -0.05) is 19.9 Å². The van der Waals surface area contributed by atoms with Gasteiger partial charge >= 0.3 is 0 Å². The SMILES string of the molecule is Cc1cc(CCC(C)C)c(C)c2c1CCC1(CCC1)O2. The van der Waals surface area contributed by atoms with Crippen LogP contribution in [0, 0.1) is 19.8 Å². The standard InChI is InChI=1S/C19H28O/c1-13(2)6-7-16-12-14(3)17-8-11-19(9-5-10-19)20-18(17)15(16)4/h12-13H,5-11H2,1-4H3. The molecular formula is C19H28O. The maximum atomic E-state index is 6.51. The van der Waals surface area contributed by atoms with Gasteiger partial charge in [-0.05, 0) is 87.0 Å². The molecule has 110 valence electrons. The third-order valence-corrected chi connectivity index (χ3v) is 5.37. The van der Waals surface area contributed by atoms with Crippen molar-refractivity contribution in [2.24, 2.45) is 5.92 Å². The predicted molar refractivity (Wildman–Crippen MR) is 84.6 cm³/mol. The van der Waals surface area contributed by atoms with Gasteiger partial charge in [-0.3, -0.25) is 0 Å². The molecule has 0 bridgehead atoms. The molecule has 20 heavy (non-hydrogen) atoms. The molecule has 0 atom stereocenters. The van der Waals surface area contributed by atoms with Crippen LogP contribution in [-0.2, 0) is 12.8 Å². The molecule has 1 nitrogen and oxygen atoms in total. The fraction of sp³-hybridized carbons (Fsp3) is 0.684. The van der Waals surface area contributed by atoms with Crippen molar-refractivity contribution in [1.82, 2.24) is 0 Å². The highest BCUT2D eigenvalue weighted by atomic mass is 16.5. The lowest BCUT2D eigenvalue weighted by Gasteiger charge is -2.46. The minimum Gasteiger partial charge on any atom is -0.487 e. The fourth-order valence-corrected chi connectivity index (χ4v) is 3.70. The van der Waals surface area contributed by atoms with Gasteiger partial charge in [0.05, 0.1) is 0 Å². The Morgan fingerprint density at radius 3 is 2.55 bits per heavy atom. The first-order valence-electron chi connectivity index (χ1n) is 8.32. The normalized spacial score (nSPS) is 19.6. The zero-order valence-corrected chi connectivity index (χ0v) is 13.5. The van der Waals surface area contributed by atoms with Crippen molar-refractivity contribution < 1.29 is 4.74 Å². The molecule has 1 heteroatoms. The van der Waals surface area contributed by atoms with Crippen molar-refractivity contribution in [3.05, 3.63) is 28.3 Å². The monoisotopic (exact) mass is 272 g/mol. The van der Waals surface area contributed by atoms with Crippen LogP contribution < -0.4 is 4.74 Å². The van der Waals surface area contributed by atoms with E-state index in [1.165, 1.54) is 72.9 Å². The van der Waals surface area contributed by atoms with E-state index in [0.717, 1.165) is 5.92 Å². The van der Waals surface area contributed by atoms with Gasteiger partial charge in [0, 0.05) is 0 Å². The lowest BCUT2D eigenvalue weighted by atomic mass is 9.73. The van der Waals surface area contributed by atoms with E-state index in [1.807, 2.05) is 0 Å². The second kappa shape index (κ2) is 5.09. The quantitative estimate of drug-likeness (QED) is 0.740. The number of hydrogen-bond donors (Lipinski definition) is 0. The number of fused-ring (bicyclic) bond motifs is 1. The zero-order valence-electron chi connectivity index (χ0n) is 13.5. The second-order valence-corrected chi connectivity index (χ2v) is 7.36. The molecular weight excluding hydrogens is 244 g/mol. The summed E-state index contributed by atoms with van der Waals surface area (Å²) in [5.74, 6) is 2.01. The van der Waals surface area contributed by atoms with Crippen molar-refractivity contribution in [2.45, 2.75) is 78.2 Å². The summed E-state index contributed by atoms with van der Waals surface area (Å²) in [5.41, 5.74) is 6.05. The Hall–Kier alpha value is -0.980. The van der Waals surface area contributed by atoms with E-state index < -0.39 is 0 Å². The molecule has 1 aromatic rings. The van der Waals surface area contributed by atoms with Gasteiger partial charge in [0.1, 0.15) is 11.4 Å². The molecule has 0 saturated heterocycles. The van der Waals surface area contributed by atoms with Crippen LogP contribution in [0.5, 0.6) is 5.75 Å². The molecule has 0 unspecified atom stereocenters. The largest absolute Gasteiger partial charge is 0.487 e. The Morgan fingerprint density at radius 2 is 1.95 bits per heavy atom. The molecule has 0 aromatic heterocycles. The van der Waals surface area contributed by atoms with Crippen LogP contribution in [0.15, 0.2) is 6.07 Å². The van der Waals surface area contributed by atoms with Gasteiger partial charge < -0.3 is 4.74 Å². The van der Waals surface area contributed by atoms with Crippen molar-refractivity contribution in [2.75, 3.05) is 0 Å². The van der Waals surface area contributed by atoms with Gasteiger partial charge in [0.25, 0.3) is 0 Å². The summed E-state index contributed by atoms with van der Waals surface area (Å²) in [6.07, 6.45) is 8.78. The zero-order chi connectivity index (χ0) is 14.3. The number of hydrogen-bond acceptors (Lipinski definition) is 1. The van der Waals surface area contributed by atoms with Crippen LogP contribution in [0.4, 0.5) is 0 Å². The van der Waals surface area contributed by atoms with E-state index in [2.05, 4.69) is 33.8 Å². The van der Waals surface area contributed by atoms with E-state index in [1.54, 1.807) is 0 Å². The van der Waals surface area contributed by atoms with Gasteiger partial charge in [0.2, 0.25) is 0 Å². The number of benzene rings is 1. The Bertz CT molecular complexity index is 509. The van der Waals surface area contributed by atoms with Crippen molar-refractivity contribution in [3.63, 3.8) is 0 Å². The van der Waals surface area contributed by atoms with Gasteiger partial charge in [-0.25, -0.2) is 0 Å². The first kappa shape index (κ1) is 14.0. The topological polar surface area (TPSA) is 9.23 Å². The van der Waals surface area contributed by atoms with E-state index in [4.69, 9.17) is 4.74 Å². The van der Waals surface area contributed by atoms with E-state index in [9.17, 15) is 0 Å². The lowest BCUT2D eigenvalue weighted by molar-refractivity contribution is -0.0257. The molecule has 1 heterocycles. The van der Waals surface area contributed by atoms with Crippen LogP contribution in [0.25, 0.3) is 0 Å². The Morgan fingerprint density at radius 1 is 1.20 bits per heavy atom. The van der Waals surface area contributed by atoms with Crippen molar-refractivity contribution >= 4 is 0 Å². The van der Waals surface area contributed by atoms with E-state index in [-0.39, 0.29) is 5.60 Å². The molecule has 1 saturated carbocycles. The minimum atomic E-state index is 0.209. The van der Waals surface area contributed by atoms with E-state index in [0.29, 0.717) is 0 Å². The smallest absolute Gasteiger partial charge is 0.126 e. The van der Waals surface area contributed by atoms with Gasteiger partial charge in [-0.2, -0.15) is 0 Å². The summed E-state index contributed by atoms with van der Waals surface area (Å²) >= 11 is 0. The molecule has 0 radical (unpaired) electrons. The summed E-state index contributed by atoms with van der Waals surface area (Å²) in [5, 5.41) is 0. The third kappa shape index (κ3) is 2.36. The predicted octanol–water partition coefficient (Wildman–Crippen LogP) is 5.14. The molecule has 0 N–H and O–H groups in total.